The van der Waals surface area contributed by atoms with Crippen LogP contribution >= 0.6 is 0 Å². The zero-order chi connectivity index (χ0) is 46.3. The normalized spacial score (nSPS) is 13.4. The fraction of sp³-hybridized carbons (Fsp3) is 0.276. The van der Waals surface area contributed by atoms with Crippen LogP contribution in [0.5, 0.6) is 11.5 Å². The molecule has 7 aromatic rings. The molecule has 66 heavy (non-hydrogen) atoms. The second kappa shape index (κ2) is 20.2. The van der Waals surface area contributed by atoms with E-state index in [4.69, 9.17) is 23.9 Å². The number of fused-ring (bicyclic) bond motifs is 1. The second-order valence-electron chi connectivity index (χ2n) is 18.2. The molecule has 2 heterocycles. The third kappa shape index (κ3) is 10.2. The van der Waals surface area contributed by atoms with Crippen LogP contribution < -0.4 is 14.4 Å². The van der Waals surface area contributed by atoms with Crippen LogP contribution in [0.15, 0.2) is 170 Å². The van der Waals surface area contributed by atoms with Crippen LogP contribution in [-0.4, -0.2) is 41.4 Å². The van der Waals surface area contributed by atoms with Crippen molar-refractivity contribution >= 4 is 11.8 Å². The number of carbonyl (C=O) groups is 1. The van der Waals surface area contributed by atoms with Crippen molar-refractivity contribution in [1.29, 1.82) is 0 Å². The Morgan fingerprint density at radius 3 is 1.91 bits per heavy atom. The molecule has 0 amide bonds. The van der Waals surface area contributed by atoms with Crippen LogP contribution in [-0.2, 0) is 39.4 Å². The number of carbonyl (C=O) groups excluding carboxylic acids is 1. The number of hydrogen-bond donors (Lipinski definition) is 1. The standard InChI is InChI=1S/C58H60N2O6/c1-40(2)60(38-41-19-11-7-12-20-41)53-32-31-50(56(62)43-28-27-42-33-34-64-52(42)36-43)55(59-53)51(37-54(61)66-57(3,4)5)49-30-29-48(63-6)35-44(49)39-65-58(45-21-13-8-14-22-45,46-23-15-9-16-24-46)47-25-17-10-18-26-47/h7-32,35-36,40,51,56,62H,33-34,37-39H2,1-6H3/t51-,56-/m1/s1. The van der Waals surface area contributed by atoms with Crippen LogP contribution in [0.4, 0.5) is 5.82 Å². The third-order valence-electron chi connectivity index (χ3n) is 12.2. The summed E-state index contributed by atoms with van der Waals surface area (Å²) in [6.07, 6.45) is -0.347. The fourth-order valence-electron chi connectivity index (χ4n) is 9.02. The SMILES string of the molecule is COc1ccc([C@@H](CC(=O)OC(C)(C)C)c2nc(N(Cc3ccccc3)C(C)C)ccc2[C@H](O)c2ccc3c(c2)OCC3)c(COC(c2ccccc2)(c2ccccc2)c2ccccc2)c1. The van der Waals surface area contributed by atoms with Crippen molar-refractivity contribution in [2.75, 3.05) is 18.6 Å². The number of rotatable bonds is 17. The van der Waals surface area contributed by atoms with Crippen molar-refractivity contribution in [3.8, 4) is 11.5 Å². The number of esters is 1. The molecule has 0 unspecified atom stereocenters. The van der Waals surface area contributed by atoms with Gasteiger partial charge in [0.1, 0.15) is 34.6 Å². The van der Waals surface area contributed by atoms with Crippen LogP contribution in [0.2, 0.25) is 0 Å². The van der Waals surface area contributed by atoms with Gasteiger partial charge >= 0.3 is 5.97 Å². The molecular formula is C58H60N2O6. The number of aliphatic hydroxyl groups is 1. The Labute approximate surface area is 389 Å². The van der Waals surface area contributed by atoms with Crippen LogP contribution in [0.25, 0.3) is 0 Å². The monoisotopic (exact) mass is 880 g/mol. The average Bonchev–Trinajstić information content (AvgIpc) is 3.81. The maximum Gasteiger partial charge on any atom is 0.307 e. The fourth-order valence-corrected chi connectivity index (χ4v) is 9.02. The van der Waals surface area contributed by atoms with Crippen molar-refractivity contribution < 1.29 is 28.8 Å². The van der Waals surface area contributed by atoms with Gasteiger partial charge in [-0.2, -0.15) is 0 Å². The van der Waals surface area contributed by atoms with E-state index in [1.165, 1.54) is 0 Å². The number of anilines is 1. The van der Waals surface area contributed by atoms with E-state index in [9.17, 15) is 9.90 Å². The van der Waals surface area contributed by atoms with E-state index in [0.29, 0.717) is 41.5 Å². The predicted molar refractivity (Wildman–Crippen MR) is 261 cm³/mol. The Bertz CT molecular complexity index is 2600. The van der Waals surface area contributed by atoms with E-state index in [-0.39, 0.29) is 19.1 Å². The molecular weight excluding hydrogens is 821 g/mol. The minimum atomic E-state index is -1.10. The molecule has 1 N–H and O–H groups in total. The predicted octanol–water partition coefficient (Wildman–Crippen LogP) is 11.9. The molecule has 0 saturated heterocycles. The van der Waals surface area contributed by atoms with E-state index >= 15 is 0 Å². The first kappa shape index (κ1) is 45.8. The van der Waals surface area contributed by atoms with Gasteiger partial charge in [-0.3, -0.25) is 4.79 Å². The molecule has 8 heteroatoms. The highest BCUT2D eigenvalue weighted by Gasteiger charge is 2.39. The Morgan fingerprint density at radius 1 is 0.742 bits per heavy atom. The number of nitrogens with zero attached hydrogens (tertiary/aromatic N) is 2. The van der Waals surface area contributed by atoms with Gasteiger partial charge in [0.25, 0.3) is 0 Å². The average molecular weight is 881 g/mol. The molecule has 2 atom stereocenters. The highest BCUT2D eigenvalue weighted by atomic mass is 16.6. The molecule has 6 aromatic carbocycles. The van der Waals surface area contributed by atoms with Gasteiger partial charge < -0.3 is 29.0 Å². The molecule has 1 aromatic heterocycles. The lowest BCUT2D eigenvalue weighted by molar-refractivity contribution is -0.155. The summed E-state index contributed by atoms with van der Waals surface area (Å²) in [6.45, 7) is 11.2. The number of pyridine rings is 1. The number of ether oxygens (including phenoxy) is 4. The van der Waals surface area contributed by atoms with Gasteiger partial charge in [0.15, 0.2) is 0 Å². The number of aliphatic hydroxyl groups excluding tert-OH is 1. The number of methoxy groups -OCH3 is 1. The molecule has 338 valence electrons. The Balaban J connectivity index is 1.33. The number of hydrogen-bond acceptors (Lipinski definition) is 8. The van der Waals surface area contributed by atoms with Crippen molar-refractivity contribution in [2.45, 2.75) is 89.9 Å². The van der Waals surface area contributed by atoms with Gasteiger partial charge in [-0.25, -0.2) is 4.98 Å². The van der Waals surface area contributed by atoms with Crippen LogP contribution in [0, 0.1) is 0 Å². The summed E-state index contributed by atoms with van der Waals surface area (Å²) >= 11 is 0. The summed E-state index contributed by atoms with van der Waals surface area (Å²) in [5.41, 5.74) is 6.72. The molecule has 0 aliphatic carbocycles. The van der Waals surface area contributed by atoms with Crippen LogP contribution in [0.1, 0.15) is 109 Å². The summed E-state index contributed by atoms with van der Waals surface area (Å²) < 4.78 is 25.4. The largest absolute Gasteiger partial charge is 0.497 e. The van der Waals surface area contributed by atoms with Gasteiger partial charge in [0.2, 0.25) is 0 Å². The molecule has 1 aliphatic rings. The molecule has 0 radical (unpaired) electrons. The first-order valence-electron chi connectivity index (χ1n) is 22.9. The van der Waals surface area contributed by atoms with Gasteiger partial charge in [-0.15, -0.1) is 0 Å². The number of aromatic nitrogens is 1. The maximum atomic E-state index is 14.4. The van der Waals surface area contributed by atoms with Gasteiger partial charge in [0, 0.05) is 30.5 Å². The summed E-state index contributed by atoms with van der Waals surface area (Å²) in [6, 6.07) is 56.9. The maximum absolute atomic E-state index is 14.4. The lowest BCUT2D eigenvalue weighted by Gasteiger charge is -2.36. The van der Waals surface area contributed by atoms with Crippen molar-refractivity contribution in [3.05, 3.63) is 226 Å². The van der Waals surface area contributed by atoms with Gasteiger partial charge in [-0.05, 0) is 103 Å². The van der Waals surface area contributed by atoms with Gasteiger partial charge in [-0.1, -0.05) is 146 Å². The minimum Gasteiger partial charge on any atom is -0.497 e. The van der Waals surface area contributed by atoms with Crippen molar-refractivity contribution in [1.82, 2.24) is 4.98 Å². The Morgan fingerprint density at radius 2 is 1.33 bits per heavy atom. The molecule has 0 spiro atoms. The van der Waals surface area contributed by atoms with Crippen molar-refractivity contribution in [2.24, 2.45) is 0 Å². The smallest absolute Gasteiger partial charge is 0.307 e. The van der Waals surface area contributed by atoms with E-state index in [0.717, 1.165) is 51.1 Å². The zero-order valence-electron chi connectivity index (χ0n) is 38.8. The highest BCUT2D eigenvalue weighted by Crippen LogP contribution is 2.44. The van der Waals surface area contributed by atoms with E-state index in [1.54, 1.807) is 7.11 Å². The molecule has 1 aliphatic heterocycles. The molecule has 0 bridgehead atoms. The van der Waals surface area contributed by atoms with E-state index in [2.05, 4.69) is 67.3 Å². The van der Waals surface area contributed by atoms with E-state index < -0.39 is 29.2 Å². The first-order valence-corrected chi connectivity index (χ1v) is 22.9. The Hall–Kier alpha value is -6.74. The highest BCUT2D eigenvalue weighted by molar-refractivity contribution is 5.72. The molecule has 0 saturated carbocycles. The lowest BCUT2D eigenvalue weighted by Crippen LogP contribution is -2.33. The molecule has 0 fully saturated rings. The Kier molecular flexibility index (Phi) is 14.0. The lowest BCUT2D eigenvalue weighted by atomic mass is 9.80. The molecule has 8 nitrogen and oxygen atoms in total. The molecule has 8 rings (SSSR count). The topological polar surface area (TPSA) is 90.4 Å². The summed E-state index contributed by atoms with van der Waals surface area (Å²) in [5.74, 6) is 1.02. The summed E-state index contributed by atoms with van der Waals surface area (Å²) in [7, 11) is 1.65. The van der Waals surface area contributed by atoms with Crippen LogP contribution in [0.3, 0.4) is 0 Å². The second-order valence-corrected chi connectivity index (χ2v) is 18.2. The number of benzene rings is 6. The van der Waals surface area contributed by atoms with Gasteiger partial charge in [0.05, 0.1) is 32.4 Å². The van der Waals surface area contributed by atoms with E-state index in [1.807, 2.05) is 142 Å². The third-order valence-corrected chi connectivity index (χ3v) is 12.2. The zero-order valence-corrected chi connectivity index (χ0v) is 38.8. The summed E-state index contributed by atoms with van der Waals surface area (Å²) in [5, 5.41) is 12.6. The van der Waals surface area contributed by atoms with Crippen molar-refractivity contribution in [3.63, 3.8) is 0 Å². The first-order chi connectivity index (χ1) is 31.9. The minimum absolute atomic E-state index is 0.0616. The summed E-state index contributed by atoms with van der Waals surface area (Å²) in [4.78, 5) is 22.1. The quantitative estimate of drug-likeness (QED) is 0.0714.